The normalized spacial score (nSPS) is 18.0. The first-order chi connectivity index (χ1) is 11.7. The van der Waals surface area contributed by atoms with E-state index in [9.17, 15) is 14.0 Å². The quantitative estimate of drug-likeness (QED) is 0.813. The van der Waals surface area contributed by atoms with Crippen molar-refractivity contribution in [2.75, 3.05) is 19.6 Å². The number of nitrogens with zero attached hydrogens (tertiary/aromatic N) is 1. The minimum atomic E-state index is -0.564. The number of amides is 2. The molecule has 25 heavy (non-hydrogen) atoms. The Kier molecular flexibility index (Phi) is 6.43. The number of nitrogens with one attached hydrogen (secondary N) is 1. The molecule has 1 N–H and O–H groups in total. The summed E-state index contributed by atoms with van der Waals surface area (Å²) >= 11 is 3.17. The van der Waals surface area contributed by atoms with Gasteiger partial charge in [0.25, 0.3) is 5.91 Å². The van der Waals surface area contributed by atoms with E-state index in [0.717, 1.165) is 12.8 Å². The zero-order valence-corrected chi connectivity index (χ0v) is 16.4. The van der Waals surface area contributed by atoms with E-state index in [0.29, 0.717) is 24.1 Å². The molecule has 1 fully saturated rings. The maximum Gasteiger partial charge on any atom is 0.410 e. The Morgan fingerprint density at radius 3 is 2.76 bits per heavy atom. The molecule has 2 rings (SSSR count). The molecule has 0 saturated carbocycles. The molecule has 1 aliphatic rings. The molecule has 1 heterocycles. The lowest BCUT2D eigenvalue weighted by Crippen LogP contribution is -2.45. The van der Waals surface area contributed by atoms with Crippen molar-refractivity contribution in [3.05, 3.63) is 34.1 Å². The van der Waals surface area contributed by atoms with Gasteiger partial charge in [0.15, 0.2) is 0 Å². The second-order valence-corrected chi connectivity index (χ2v) is 8.18. The molecule has 2 amide bonds. The van der Waals surface area contributed by atoms with Crippen molar-refractivity contribution >= 4 is 27.9 Å². The third-order valence-corrected chi connectivity index (χ3v) is 4.39. The molecule has 1 aromatic rings. The molecule has 1 unspecified atom stereocenters. The van der Waals surface area contributed by atoms with Crippen molar-refractivity contribution in [1.29, 1.82) is 0 Å². The van der Waals surface area contributed by atoms with Gasteiger partial charge in [0.2, 0.25) is 0 Å². The zero-order valence-electron chi connectivity index (χ0n) is 14.8. The fourth-order valence-corrected chi connectivity index (χ4v) is 3.06. The van der Waals surface area contributed by atoms with E-state index in [4.69, 9.17) is 4.74 Å². The van der Waals surface area contributed by atoms with Gasteiger partial charge < -0.3 is 15.0 Å². The monoisotopic (exact) mass is 414 g/mol. The summed E-state index contributed by atoms with van der Waals surface area (Å²) in [6.07, 6.45) is 1.43. The van der Waals surface area contributed by atoms with Crippen LogP contribution in [0.4, 0.5) is 9.18 Å². The molecule has 1 saturated heterocycles. The molecule has 0 aromatic heterocycles. The van der Waals surface area contributed by atoms with Crippen molar-refractivity contribution < 1.29 is 18.7 Å². The van der Waals surface area contributed by atoms with Crippen LogP contribution in [0.3, 0.4) is 0 Å². The Balaban J connectivity index is 1.88. The van der Waals surface area contributed by atoms with Gasteiger partial charge in [-0.1, -0.05) is 15.9 Å². The molecular weight excluding hydrogens is 391 g/mol. The number of hydrogen-bond donors (Lipinski definition) is 1. The number of carbonyl (C=O) groups is 2. The van der Waals surface area contributed by atoms with Gasteiger partial charge in [0, 0.05) is 24.1 Å². The number of ether oxygens (including phenoxy) is 1. The maximum absolute atomic E-state index is 13.8. The predicted molar refractivity (Wildman–Crippen MR) is 97.0 cm³/mol. The summed E-state index contributed by atoms with van der Waals surface area (Å²) in [6.45, 7) is 7.07. The molecule has 1 atom stereocenters. The van der Waals surface area contributed by atoms with Gasteiger partial charge in [-0.3, -0.25) is 4.79 Å². The van der Waals surface area contributed by atoms with E-state index in [1.54, 1.807) is 11.0 Å². The fourth-order valence-electron chi connectivity index (χ4n) is 2.73. The third kappa shape index (κ3) is 5.99. The van der Waals surface area contributed by atoms with Crippen molar-refractivity contribution in [2.45, 2.75) is 39.2 Å². The number of rotatable bonds is 3. The summed E-state index contributed by atoms with van der Waals surface area (Å²) < 4.78 is 19.8. The molecule has 5 nitrogen and oxygen atoms in total. The molecule has 0 aliphatic carbocycles. The lowest BCUT2D eigenvalue weighted by atomic mass is 9.98. The van der Waals surface area contributed by atoms with Gasteiger partial charge in [-0.05, 0) is 57.7 Å². The highest BCUT2D eigenvalue weighted by Gasteiger charge is 2.28. The van der Waals surface area contributed by atoms with Crippen molar-refractivity contribution in [3.8, 4) is 0 Å². The van der Waals surface area contributed by atoms with Gasteiger partial charge in [0.05, 0.1) is 5.56 Å². The molecular formula is C18H24BrFN2O3. The molecule has 138 valence electrons. The van der Waals surface area contributed by atoms with E-state index < -0.39 is 17.3 Å². The zero-order chi connectivity index (χ0) is 18.6. The van der Waals surface area contributed by atoms with Gasteiger partial charge in [-0.25, -0.2) is 9.18 Å². The number of hydrogen-bond acceptors (Lipinski definition) is 3. The van der Waals surface area contributed by atoms with E-state index in [1.165, 1.54) is 12.1 Å². The van der Waals surface area contributed by atoms with Crippen LogP contribution in [-0.2, 0) is 4.74 Å². The smallest absolute Gasteiger partial charge is 0.410 e. The van der Waals surface area contributed by atoms with Crippen molar-refractivity contribution in [2.24, 2.45) is 5.92 Å². The predicted octanol–water partition coefficient (Wildman–Crippen LogP) is 3.97. The maximum atomic E-state index is 13.8. The molecule has 1 aromatic carbocycles. The van der Waals surface area contributed by atoms with Gasteiger partial charge in [-0.15, -0.1) is 0 Å². The van der Waals surface area contributed by atoms with Gasteiger partial charge in [-0.2, -0.15) is 0 Å². The van der Waals surface area contributed by atoms with Crippen LogP contribution in [0.2, 0.25) is 0 Å². The molecule has 0 radical (unpaired) electrons. The van der Waals surface area contributed by atoms with Crippen LogP contribution in [0, 0.1) is 11.7 Å². The van der Waals surface area contributed by atoms with E-state index >= 15 is 0 Å². The standard InChI is InChI=1S/C18H24BrFN2O3/c1-18(2,3)25-17(24)22-8-4-5-12(11-22)10-21-16(23)14-7-6-13(19)9-15(14)20/h6-7,9,12H,4-5,8,10-11H2,1-3H3,(H,21,23). The summed E-state index contributed by atoms with van der Waals surface area (Å²) in [4.78, 5) is 26.0. The summed E-state index contributed by atoms with van der Waals surface area (Å²) in [5.74, 6) is -0.881. The van der Waals surface area contributed by atoms with Gasteiger partial charge >= 0.3 is 6.09 Å². The minimum absolute atomic E-state index is 0.0167. The Hall–Kier alpha value is -1.63. The molecule has 1 aliphatic heterocycles. The second-order valence-electron chi connectivity index (χ2n) is 7.27. The number of likely N-dealkylation sites (tertiary alicyclic amines) is 1. The number of piperidine rings is 1. The third-order valence-electron chi connectivity index (χ3n) is 3.90. The first-order valence-electron chi connectivity index (χ1n) is 8.37. The minimum Gasteiger partial charge on any atom is -0.444 e. The fraction of sp³-hybridized carbons (Fsp3) is 0.556. The molecule has 0 spiro atoms. The lowest BCUT2D eigenvalue weighted by Gasteiger charge is -2.34. The van der Waals surface area contributed by atoms with Crippen LogP contribution in [0.1, 0.15) is 44.0 Å². The largest absolute Gasteiger partial charge is 0.444 e. The highest BCUT2D eigenvalue weighted by molar-refractivity contribution is 9.10. The summed E-state index contributed by atoms with van der Waals surface area (Å²) in [5, 5.41) is 2.76. The van der Waals surface area contributed by atoms with Crippen LogP contribution in [0.5, 0.6) is 0 Å². The van der Waals surface area contributed by atoms with E-state index in [2.05, 4.69) is 21.2 Å². The average molecular weight is 415 g/mol. The average Bonchev–Trinajstić information content (AvgIpc) is 2.51. The van der Waals surface area contributed by atoms with E-state index in [1.807, 2.05) is 20.8 Å². The Morgan fingerprint density at radius 2 is 2.12 bits per heavy atom. The van der Waals surface area contributed by atoms with E-state index in [-0.39, 0.29) is 17.6 Å². The topological polar surface area (TPSA) is 58.6 Å². The Morgan fingerprint density at radius 1 is 1.40 bits per heavy atom. The highest BCUT2D eigenvalue weighted by atomic mass is 79.9. The summed E-state index contributed by atoms with van der Waals surface area (Å²) in [5.41, 5.74) is -0.514. The molecule has 7 heteroatoms. The number of carbonyl (C=O) groups excluding carboxylic acids is 2. The van der Waals surface area contributed by atoms with Gasteiger partial charge in [0.1, 0.15) is 11.4 Å². The van der Waals surface area contributed by atoms with Crippen LogP contribution in [0.25, 0.3) is 0 Å². The first-order valence-corrected chi connectivity index (χ1v) is 9.16. The molecule has 0 bridgehead atoms. The lowest BCUT2D eigenvalue weighted by molar-refractivity contribution is 0.0167. The van der Waals surface area contributed by atoms with Crippen molar-refractivity contribution in [3.63, 3.8) is 0 Å². The summed E-state index contributed by atoms with van der Waals surface area (Å²) in [7, 11) is 0. The first kappa shape index (κ1) is 19.7. The van der Waals surface area contributed by atoms with Crippen molar-refractivity contribution in [1.82, 2.24) is 10.2 Å². The van der Waals surface area contributed by atoms with Crippen LogP contribution in [-0.4, -0.2) is 42.1 Å². The number of halogens is 2. The second kappa shape index (κ2) is 8.17. The van der Waals surface area contributed by atoms with Crippen LogP contribution < -0.4 is 5.32 Å². The Bertz CT molecular complexity index is 646. The highest BCUT2D eigenvalue weighted by Crippen LogP contribution is 2.19. The summed E-state index contributed by atoms with van der Waals surface area (Å²) in [6, 6.07) is 4.34. The van der Waals surface area contributed by atoms with Crippen LogP contribution >= 0.6 is 15.9 Å². The SMILES string of the molecule is CC(C)(C)OC(=O)N1CCCC(CNC(=O)c2ccc(Br)cc2F)C1. The number of benzene rings is 1. The van der Waals surface area contributed by atoms with Crippen LogP contribution in [0.15, 0.2) is 22.7 Å². The Labute approximate surface area is 156 Å².